The molecule has 4 atom stereocenters. The van der Waals surface area contributed by atoms with Crippen molar-refractivity contribution in [1.29, 1.82) is 0 Å². The van der Waals surface area contributed by atoms with Crippen molar-refractivity contribution in [2.45, 2.75) is 31.2 Å². The molecule has 0 aromatic carbocycles. The number of ether oxygens (including phenoxy) is 1. The molecule has 10 heavy (non-hydrogen) atoms. The van der Waals surface area contributed by atoms with Gasteiger partial charge in [-0.1, -0.05) is 0 Å². The molecule has 1 N–H and O–H groups in total. The summed E-state index contributed by atoms with van der Waals surface area (Å²) in [5, 5.41) is 8.79. The van der Waals surface area contributed by atoms with Crippen LogP contribution in [-0.4, -0.2) is 29.3 Å². The van der Waals surface area contributed by atoms with Gasteiger partial charge in [-0.25, -0.2) is 8.78 Å². The number of alkyl halides is 2. The SMILES string of the molecule is C[C@@H]1O[C@@H]2C(O)C2C1(F)F. The number of rotatable bonds is 0. The minimum absolute atomic E-state index is 0.593. The van der Waals surface area contributed by atoms with E-state index in [1.165, 1.54) is 6.92 Å². The zero-order valence-electron chi connectivity index (χ0n) is 5.42. The summed E-state index contributed by atoms with van der Waals surface area (Å²) in [7, 11) is 0. The van der Waals surface area contributed by atoms with Gasteiger partial charge < -0.3 is 9.84 Å². The molecule has 0 bridgehead atoms. The molecule has 0 radical (unpaired) electrons. The van der Waals surface area contributed by atoms with E-state index in [0.29, 0.717) is 0 Å². The Morgan fingerprint density at radius 3 is 2.40 bits per heavy atom. The van der Waals surface area contributed by atoms with E-state index in [4.69, 9.17) is 9.84 Å². The molecule has 2 nitrogen and oxygen atoms in total. The summed E-state index contributed by atoms with van der Waals surface area (Å²) in [4.78, 5) is 0. The van der Waals surface area contributed by atoms with Gasteiger partial charge in [0.15, 0.2) is 0 Å². The molecule has 1 aliphatic heterocycles. The Bertz CT molecular complexity index is 171. The highest BCUT2D eigenvalue weighted by Gasteiger charge is 2.72. The van der Waals surface area contributed by atoms with Crippen LogP contribution < -0.4 is 0 Å². The lowest BCUT2D eigenvalue weighted by Gasteiger charge is -2.17. The second-order valence-corrected chi connectivity index (χ2v) is 2.93. The standard InChI is InChI=1S/C6H8F2O2/c1-2-6(7,8)3-4(9)5(3)10-2/h2-5,9H,1H3/t2-,3?,4?,5-/m0/s1. The summed E-state index contributed by atoms with van der Waals surface area (Å²) in [6.07, 6.45) is -2.54. The second kappa shape index (κ2) is 1.51. The van der Waals surface area contributed by atoms with Crippen LogP contribution in [0.25, 0.3) is 0 Å². The van der Waals surface area contributed by atoms with Crippen LogP contribution in [0.4, 0.5) is 8.78 Å². The van der Waals surface area contributed by atoms with Gasteiger partial charge in [0.1, 0.15) is 6.10 Å². The Morgan fingerprint density at radius 1 is 1.50 bits per heavy atom. The Morgan fingerprint density at radius 2 is 2.10 bits per heavy atom. The Hall–Kier alpha value is -0.220. The third kappa shape index (κ3) is 0.538. The predicted octanol–water partition coefficient (Wildman–Crippen LogP) is 0.400. The summed E-state index contributed by atoms with van der Waals surface area (Å²) in [6, 6.07) is 0. The van der Waals surface area contributed by atoms with Crippen LogP contribution in [-0.2, 0) is 4.74 Å². The zero-order chi connectivity index (χ0) is 7.52. The first-order valence-corrected chi connectivity index (χ1v) is 3.26. The lowest BCUT2D eigenvalue weighted by atomic mass is 10.1. The number of halogens is 2. The molecular weight excluding hydrogens is 142 g/mol. The molecule has 2 aliphatic rings. The highest BCUT2D eigenvalue weighted by atomic mass is 19.3. The first-order chi connectivity index (χ1) is 4.55. The van der Waals surface area contributed by atoms with Crippen LogP contribution in [0.1, 0.15) is 6.92 Å². The average molecular weight is 150 g/mol. The smallest absolute Gasteiger partial charge is 0.281 e. The highest BCUT2D eigenvalue weighted by molar-refractivity contribution is 5.14. The molecule has 4 heteroatoms. The number of fused-ring (bicyclic) bond motifs is 1. The number of hydrogen-bond acceptors (Lipinski definition) is 2. The summed E-state index contributed by atoms with van der Waals surface area (Å²) in [6.45, 7) is 1.33. The largest absolute Gasteiger partial charge is 0.390 e. The molecule has 0 aromatic rings. The van der Waals surface area contributed by atoms with Crippen LogP contribution in [0.5, 0.6) is 0 Å². The maximum Gasteiger partial charge on any atom is 0.281 e. The minimum Gasteiger partial charge on any atom is -0.390 e. The first kappa shape index (κ1) is 6.49. The van der Waals surface area contributed by atoms with Gasteiger partial charge in [-0.15, -0.1) is 0 Å². The molecule has 0 spiro atoms. The quantitative estimate of drug-likeness (QED) is 0.541. The van der Waals surface area contributed by atoms with Gasteiger partial charge in [-0.2, -0.15) is 0 Å². The number of aliphatic hydroxyl groups is 1. The predicted molar refractivity (Wildman–Crippen MR) is 28.8 cm³/mol. The third-order valence-corrected chi connectivity index (χ3v) is 2.27. The molecule has 2 unspecified atom stereocenters. The van der Waals surface area contributed by atoms with Crippen LogP contribution in [0, 0.1) is 5.92 Å². The topological polar surface area (TPSA) is 29.5 Å². The van der Waals surface area contributed by atoms with Crippen molar-refractivity contribution in [3.05, 3.63) is 0 Å². The Kier molecular flexibility index (Phi) is 0.978. The molecule has 2 fully saturated rings. The summed E-state index contributed by atoms with van der Waals surface area (Å²) >= 11 is 0. The maximum atomic E-state index is 12.7. The average Bonchev–Trinajstić information content (AvgIpc) is 2.34. The van der Waals surface area contributed by atoms with Gasteiger partial charge in [0.25, 0.3) is 5.92 Å². The monoisotopic (exact) mass is 150 g/mol. The second-order valence-electron chi connectivity index (χ2n) is 2.93. The van der Waals surface area contributed by atoms with Crippen LogP contribution in [0.2, 0.25) is 0 Å². The lowest BCUT2D eigenvalue weighted by Crippen LogP contribution is -2.32. The van der Waals surface area contributed by atoms with Crippen LogP contribution in [0.15, 0.2) is 0 Å². The summed E-state index contributed by atoms with van der Waals surface area (Å²) in [5.74, 6) is -3.74. The minimum atomic E-state index is -2.82. The van der Waals surface area contributed by atoms with Gasteiger partial charge in [0.2, 0.25) is 0 Å². The number of aliphatic hydroxyl groups excluding tert-OH is 1. The van der Waals surface area contributed by atoms with Crippen molar-refractivity contribution in [3.63, 3.8) is 0 Å². The molecule has 1 aliphatic carbocycles. The molecule has 1 saturated heterocycles. The number of hydrogen-bond donors (Lipinski definition) is 1. The van der Waals surface area contributed by atoms with E-state index >= 15 is 0 Å². The molecule has 58 valence electrons. The summed E-state index contributed by atoms with van der Waals surface area (Å²) in [5.41, 5.74) is 0. The molecule has 1 heterocycles. The fraction of sp³-hybridized carbons (Fsp3) is 1.00. The summed E-state index contributed by atoms with van der Waals surface area (Å²) < 4.78 is 30.2. The van der Waals surface area contributed by atoms with E-state index in [2.05, 4.69) is 0 Å². The Labute approximate surface area is 56.8 Å². The van der Waals surface area contributed by atoms with Gasteiger partial charge in [-0.05, 0) is 6.92 Å². The molecular formula is C6H8F2O2. The van der Waals surface area contributed by atoms with Gasteiger partial charge in [-0.3, -0.25) is 0 Å². The highest BCUT2D eigenvalue weighted by Crippen LogP contribution is 2.54. The van der Waals surface area contributed by atoms with Crippen molar-refractivity contribution in [2.75, 3.05) is 0 Å². The van der Waals surface area contributed by atoms with Crippen LogP contribution in [0.3, 0.4) is 0 Å². The van der Waals surface area contributed by atoms with Crippen LogP contribution >= 0.6 is 0 Å². The van der Waals surface area contributed by atoms with E-state index in [0.717, 1.165) is 0 Å². The van der Waals surface area contributed by atoms with E-state index in [1.54, 1.807) is 0 Å². The van der Waals surface area contributed by atoms with Crippen molar-refractivity contribution in [2.24, 2.45) is 5.92 Å². The fourth-order valence-corrected chi connectivity index (χ4v) is 1.48. The Balaban J connectivity index is 2.19. The normalized spacial score (nSPS) is 56.4. The first-order valence-electron chi connectivity index (χ1n) is 3.26. The van der Waals surface area contributed by atoms with Gasteiger partial charge in [0.05, 0.1) is 18.1 Å². The lowest BCUT2D eigenvalue weighted by molar-refractivity contribution is -0.113. The maximum absolute atomic E-state index is 12.7. The zero-order valence-corrected chi connectivity index (χ0v) is 5.42. The molecule has 2 rings (SSSR count). The van der Waals surface area contributed by atoms with E-state index in [1.807, 2.05) is 0 Å². The third-order valence-electron chi connectivity index (χ3n) is 2.27. The molecule has 0 amide bonds. The van der Waals surface area contributed by atoms with Crippen molar-refractivity contribution < 1.29 is 18.6 Å². The van der Waals surface area contributed by atoms with E-state index in [-0.39, 0.29) is 0 Å². The molecule has 1 saturated carbocycles. The van der Waals surface area contributed by atoms with Gasteiger partial charge >= 0.3 is 0 Å². The van der Waals surface area contributed by atoms with Gasteiger partial charge in [0, 0.05) is 0 Å². The van der Waals surface area contributed by atoms with E-state index in [9.17, 15) is 8.78 Å². The van der Waals surface area contributed by atoms with Crippen molar-refractivity contribution in [3.8, 4) is 0 Å². The molecule has 0 aromatic heterocycles. The van der Waals surface area contributed by atoms with Crippen molar-refractivity contribution >= 4 is 0 Å². The van der Waals surface area contributed by atoms with E-state index < -0.39 is 30.2 Å². The van der Waals surface area contributed by atoms with Crippen molar-refractivity contribution in [1.82, 2.24) is 0 Å². The fourth-order valence-electron chi connectivity index (χ4n) is 1.48.